The zero-order valence-electron chi connectivity index (χ0n) is 19.4. The van der Waals surface area contributed by atoms with Crippen molar-refractivity contribution in [1.82, 2.24) is 0 Å². The van der Waals surface area contributed by atoms with Crippen molar-refractivity contribution in [3.63, 3.8) is 0 Å². The molecular weight excluding hydrogens is 418 g/mol. The van der Waals surface area contributed by atoms with E-state index in [1.165, 1.54) is 16.7 Å². The Morgan fingerprint density at radius 3 is 2.75 bits per heavy atom. The van der Waals surface area contributed by atoms with E-state index in [-0.39, 0.29) is 11.6 Å². The summed E-state index contributed by atoms with van der Waals surface area (Å²) in [5.41, 5.74) is 6.85. The van der Waals surface area contributed by atoms with Crippen molar-refractivity contribution in [2.45, 2.75) is 51.7 Å². The van der Waals surface area contributed by atoms with Gasteiger partial charge in [-0.2, -0.15) is 0 Å². The fourth-order valence-electron chi connectivity index (χ4n) is 4.49. The maximum atomic E-state index is 6.31. The maximum absolute atomic E-state index is 6.31. The van der Waals surface area contributed by atoms with Crippen molar-refractivity contribution >= 4 is 28.4 Å². The first kappa shape index (κ1) is 22.7. The lowest BCUT2D eigenvalue weighted by Crippen LogP contribution is -2.33. The number of rotatable bonds is 7. The second-order valence-corrected chi connectivity index (χ2v) is 9.45. The molecule has 1 unspecified atom stereocenters. The molecule has 0 saturated carbocycles. The van der Waals surface area contributed by atoms with Crippen LogP contribution in [0.2, 0.25) is 5.02 Å². The topological polar surface area (TPSA) is 30.5 Å². The minimum atomic E-state index is -0.147. The van der Waals surface area contributed by atoms with E-state index in [1.807, 2.05) is 18.2 Å². The zero-order chi connectivity index (χ0) is 22.7. The van der Waals surface area contributed by atoms with Crippen molar-refractivity contribution in [3.8, 4) is 0 Å². The van der Waals surface area contributed by atoms with Crippen LogP contribution >= 0.6 is 11.6 Å². The second kappa shape index (κ2) is 9.56. The molecule has 0 fully saturated rings. The Morgan fingerprint density at radius 2 is 1.97 bits per heavy atom. The lowest BCUT2D eigenvalue weighted by atomic mass is 9.85. The highest BCUT2D eigenvalue weighted by Crippen LogP contribution is 2.39. The summed E-state index contributed by atoms with van der Waals surface area (Å²) in [6.07, 6.45) is 9.41. The highest BCUT2D eigenvalue weighted by molar-refractivity contribution is 6.31. The minimum absolute atomic E-state index is 0.0364. The molecular formula is C28H32ClNO2. The lowest BCUT2D eigenvalue weighted by molar-refractivity contribution is 0.106. The molecule has 4 heteroatoms. The van der Waals surface area contributed by atoms with Crippen LogP contribution in [0.4, 0.5) is 5.69 Å². The third kappa shape index (κ3) is 4.95. The highest BCUT2D eigenvalue weighted by atomic mass is 35.5. The summed E-state index contributed by atoms with van der Waals surface area (Å²) in [7, 11) is 1.76. The van der Waals surface area contributed by atoms with E-state index < -0.39 is 0 Å². The lowest BCUT2D eigenvalue weighted by Gasteiger charge is -2.34. The highest BCUT2D eigenvalue weighted by Gasteiger charge is 2.28. The number of ether oxygens (including phenoxy) is 2. The molecule has 0 bridgehead atoms. The van der Waals surface area contributed by atoms with Crippen molar-refractivity contribution < 1.29 is 9.47 Å². The van der Waals surface area contributed by atoms with Crippen LogP contribution < -0.4 is 5.32 Å². The molecule has 0 amide bonds. The summed E-state index contributed by atoms with van der Waals surface area (Å²) in [6, 6.07) is 14.6. The van der Waals surface area contributed by atoms with Gasteiger partial charge in [0.25, 0.3) is 0 Å². The van der Waals surface area contributed by atoms with Gasteiger partial charge in [0.2, 0.25) is 0 Å². The zero-order valence-corrected chi connectivity index (χ0v) is 20.1. The fraction of sp³-hybridized carbons (Fsp3) is 0.357. The predicted octanol–water partition coefficient (Wildman–Crippen LogP) is 7.28. The Bertz CT molecular complexity index is 1080. The van der Waals surface area contributed by atoms with E-state index in [0.717, 1.165) is 46.9 Å². The van der Waals surface area contributed by atoms with Crippen LogP contribution in [0, 0.1) is 0 Å². The number of hydrogen-bond donors (Lipinski definition) is 1. The first-order valence-corrected chi connectivity index (χ1v) is 11.7. The number of hydrogen-bond acceptors (Lipinski definition) is 3. The molecule has 32 heavy (non-hydrogen) atoms. The smallest absolute Gasteiger partial charge is 0.104 e. The third-order valence-corrected chi connectivity index (χ3v) is 6.49. The largest absolute Gasteiger partial charge is 0.500 e. The standard InChI is InChI=1S/C28H32ClNO2/c1-19(32-16-15-20-9-5-7-11-25(20)29)24-18-28(2,3)30-26-14-13-21(17-23(24)26)22-10-6-8-12-27(22)31-4/h5-7,9-11,13-14,17-19,30H,8,12,15-16H2,1-4H3. The van der Waals surface area contributed by atoms with Gasteiger partial charge >= 0.3 is 0 Å². The van der Waals surface area contributed by atoms with Gasteiger partial charge < -0.3 is 14.8 Å². The van der Waals surface area contributed by atoms with Crippen LogP contribution in [0.5, 0.6) is 0 Å². The molecule has 2 aromatic rings. The Hall–Kier alpha value is -2.49. The van der Waals surface area contributed by atoms with E-state index in [2.05, 4.69) is 68.6 Å². The molecule has 4 rings (SSSR count). The summed E-state index contributed by atoms with van der Waals surface area (Å²) in [5.74, 6) is 1.05. The minimum Gasteiger partial charge on any atom is -0.500 e. The molecule has 0 spiro atoms. The average molecular weight is 450 g/mol. The van der Waals surface area contributed by atoms with E-state index in [9.17, 15) is 0 Å². The number of methoxy groups -OCH3 is 1. The van der Waals surface area contributed by atoms with Gasteiger partial charge in [0, 0.05) is 28.3 Å². The monoisotopic (exact) mass is 449 g/mol. The van der Waals surface area contributed by atoms with E-state index in [0.29, 0.717) is 6.61 Å². The first-order valence-electron chi connectivity index (χ1n) is 11.3. The first-order chi connectivity index (χ1) is 15.4. The van der Waals surface area contributed by atoms with Gasteiger partial charge in [-0.3, -0.25) is 0 Å². The van der Waals surface area contributed by atoms with Crippen LogP contribution in [0.1, 0.15) is 50.3 Å². The number of nitrogens with one attached hydrogen (secondary N) is 1. The molecule has 1 heterocycles. The summed E-state index contributed by atoms with van der Waals surface area (Å²) < 4.78 is 12.0. The average Bonchev–Trinajstić information content (AvgIpc) is 2.79. The van der Waals surface area contributed by atoms with Crippen LogP contribution in [-0.2, 0) is 15.9 Å². The molecule has 2 aromatic carbocycles. The molecule has 0 saturated heterocycles. The Kier molecular flexibility index (Phi) is 6.78. The Morgan fingerprint density at radius 1 is 1.16 bits per heavy atom. The molecule has 0 radical (unpaired) electrons. The fourth-order valence-corrected chi connectivity index (χ4v) is 4.72. The van der Waals surface area contributed by atoms with E-state index in [1.54, 1.807) is 7.11 Å². The Labute approximate surface area is 196 Å². The Balaban J connectivity index is 1.59. The van der Waals surface area contributed by atoms with Crippen molar-refractivity contribution in [3.05, 3.63) is 88.2 Å². The van der Waals surface area contributed by atoms with E-state index in [4.69, 9.17) is 21.1 Å². The number of anilines is 1. The number of benzene rings is 2. The van der Waals surface area contributed by atoms with E-state index >= 15 is 0 Å². The van der Waals surface area contributed by atoms with Gasteiger partial charge in [-0.1, -0.05) is 54.1 Å². The molecule has 1 N–H and O–H groups in total. The summed E-state index contributed by atoms with van der Waals surface area (Å²) in [6.45, 7) is 7.13. The SMILES string of the molecule is COC1=C(c2ccc3c(c2)C(C(C)OCCc2ccccc2Cl)=CC(C)(C)N3)C=CCC1. The molecule has 1 aliphatic carbocycles. The summed E-state index contributed by atoms with van der Waals surface area (Å²) >= 11 is 6.31. The van der Waals surface area contributed by atoms with Gasteiger partial charge in [-0.25, -0.2) is 0 Å². The summed E-state index contributed by atoms with van der Waals surface area (Å²) in [4.78, 5) is 0. The van der Waals surface area contributed by atoms with Crippen molar-refractivity contribution in [1.29, 1.82) is 0 Å². The normalized spacial score (nSPS) is 18.0. The quantitative estimate of drug-likeness (QED) is 0.481. The van der Waals surface area contributed by atoms with Gasteiger partial charge in [0.05, 0.1) is 25.4 Å². The van der Waals surface area contributed by atoms with Crippen molar-refractivity contribution in [2.24, 2.45) is 0 Å². The molecule has 1 atom stereocenters. The number of allylic oxidation sites excluding steroid dienone is 4. The molecule has 3 nitrogen and oxygen atoms in total. The molecule has 2 aliphatic rings. The van der Waals surface area contributed by atoms with Gasteiger partial charge in [0.15, 0.2) is 0 Å². The third-order valence-electron chi connectivity index (χ3n) is 6.12. The van der Waals surface area contributed by atoms with Crippen LogP contribution in [0.3, 0.4) is 0 Å². The summed E-state index contributed by atoms with van der Waals surface area (Å²) in [5, 5.41) is 4.45. The maximum Gasteiger partial charge on any atom is 0.104 e. The molecule has 0 aromatic heterocycles. The second-order valence-electron chi connectivity index (χ2n) is 9.04. The predicted molar refractivity (Wildman–Crippen MR) is 135 cm³/mol. The molecule has 168 valence electrons. The van der Waals surface area contributed by atoms with Gasteiger partial charge in [0.1, 0.15) is 5.76 Å². The van der Waals surface area contributed by atoms with Gasteiger partial charge in [-0.15, -0.1) is 0 Å². The number of fused-ring (bicyclic) bond motifs is 1. The van der Waals surface area contributed by atoms with Crippen LogP contribution in [0.15, 0.2) is 66.5 Å². The number of halogens is 1. The van der Waals surface area contributed by atoms with Crippen molar-refractivity contribution in [2.75, 3.05) is 19.0 Å². The van der Waals surface area contributed by atoms with Gasteiger partial charge in [-0.05, 0) is 68.5 Å². The molecule has 1 aliphatic heterocycles. The van der Waals surface area contributed by atoms with Crippen LogP contribution in [-0.4, -0.2) is 25.4 Å². The van der Waals surface area contributed by atoms with Crippen LogP contribution in [0.25, 0.3) is 11.1 Å².